The van der Waals surface area contributed by atoms with Crippen LogP contribution in [-0.4, -0.2) is 42.0 Å². The number of hydrogen-bond donors (Lipinski definition) is 2. The fraction of sp³-hybridized carbons (Fsp3) is 0.550. The van der Waals surface area contributed by atoms with E-state index in [0.29, 0.717) is 31.8 Å². The summed E-state index contributed by atoms with van der Waals surface area (Å²) < 4.78 is 4.93. The largest absolute Gasteiger partial charge is 0.448 e. The molecule has 27 heavy (non-hydrogen) atoms. The van der Waals surface area contributed by atoms with Gasteiger partial charge in [0.15, 0.2) is 0 Å². The van der Waals surface area contributed by atoms with Crippen molar-refractivity contribution in [3.8, 4) is 0 Å². The van der Waals surface area contributed by atoms with Crippen molar-refractivity contribution in [2.75, 3.05) is 18.5 Å². The number of carbonyl (C=O) groups excluding carboxylic acids is 3. The summed E-state index contributed by atoms with van der Waals surface area (Å²) in [7, 11) is 0. The molecule has 0 aliphatic carbocycles. The first kappa shape index (κ1) is 20.7. The van der Waals surface area contributed by atoms with Crippen molar-refractivity contribution in [1.29, 1.82) is 0 Å². The molecule has 2 N–H and O–H groups in total. The van der Waals surface area contributed by atoms with E-state index in [-0.39, 0.29) is 29.7 Å². The number of anilines is 1. The van der Waals surface area contributed by atoms with Crippen LogP contribution in [-0.2, 0) is 20.9 Å². The molecule has 1 heterocycles. The zero-order chi connectivity index (χ0) is 20.0. The van der Waals surface area contributed by atoms with Crippen LogP contribution in [0.3, 0.4) is 0 Å². The summed E-state index contributed by atoms with van der Waals surface area (Å²) in [4.78, 5) is 37.9. The first-order valence-electron chi connectivity index (χ1n) is 9.37. The van der Waals surface area contributed by atoms with E-state index in [2.05, 4.69) is 10.6 Å². The highest BCUT2D eigenvalue weighted by atomic mass is 16.6. The Hall–Kier alpha value is -2.57. The zero-order valence-electron chi connectivity index (χ0n) is 16.5. The number of nitrogens with one attached hydrogen (secondary N) is 2. The van der Waals surface area contributed by atoms with Crippen LogP contribution < -0.4 is 10.6 Å². The molecule has 1 atom stereocenters. The number of ether oxygens (including phenoxy) is 1. The Morgan fingerprint density at radius 2 is 1.96 bits per heavy atom. The molecule has 7 nitrogen and oxygen atoms in total. The minimum atomic E-state index is -0.603. The van der Waals surface area contributed by atoms with Gasteiger partial charge in [-0.25, -0.2) is 4.79 Å². The molecule has 1 aliphatic rings. The van der Waals surface area contributed by atoms with Gasteiger partial charge in [-0.2, -0.15) is 0 Å². The zero-order valence-corrected chi connectivity index (χ0v) is 16.5. The molecule has 1 saturated heterocycles. The molecule has 7 heteroatoms. The molecule has 0 aromatic heterocycles. The third-order valence-corrected chi connectivity index (χ3v) is 4.27. The van der Waals surface area contributed by atoms with Crippen molar-refractivity contribution in [3.05, 3.63) is 29.8 Å². The highest BCUT2D eigenvalue weighted by molar-refractivity contribution is 5.97. The fourth-order valence-electron chi connectivity index (χ4n) is 2.90. The van der Waals surface area contributed by atoms with E-state index < -0.39 is 6.04 Å². The lowest BCUT2D eigenvalue weighted by molar-refractivity contribution is -0.127. The topological polar surface area (TPSA) is 87.7 Å². The molecule has 2 rings (SSSR count). The monoisotopic (exact) mass is 375 g/mol. The molecule has 3 amide bonds. The van der Waals surface area contributed by atoms with Crippen LogP contribution in [0.25, 0.3) is 0 Å². The van der Waals surface area contributed by atoms with Crippen molar-refractivity contribution in [3.63, 3.8) is 0 Å². The van der Waals surface area contributed by atoms with Crippen LogP contribution in [0.4, 0.5) is 10.5 Å². The van der Waals surface area contributed by atoms with Crippen molar-refractivity contribution in [1.82, 2.24) is 10.2 Å². The molecular formula is C20H29N3O4. The summed E-state index contributed by atoms with van der Waals surface area (Å²) in [6, 6.07) is 6.74. The van der Waals surface area contributed by atoms with Gasteiger partial charge in [0.05, 0.1) is 6.54 Å². The van der Waals surface area contributed by atoms with Crippen LogP contribution in [0.15, 0.2) is 24.3 Å². The van der Waals surface area contributed by atoms with E-state index in [1.165, 1.54) is 0 Å². The second-order valence-electron chi connectivity index (χ2n) is 7.61. The number of cyclic esters (lactones) is 1. The van der Waals surface area contributed by atoms with Gasteiger partial charge in [-0.05, 0) is 29.5 Å². The van der Waals surface area contributed by atoms with E-state index in [0.717, 1.165) is 5.56 Å². The van der Waals surface area contributed by atoms with Crippen LogP contribution >= 0.6 is 0 Å². The number of nitrogens with zero attached hydrogens (tertiary/aromatic N) is 1. The molecule has 0 radical (unpaired) electrons. The molecule has 0 spiro atoms. The molecule has 1 aromatic carbocycles. The molecule has 1 unspecified atom stereocenters. The van der Waals surface area contributed by atoms with Crippen LogP contribution in [0.5, 0.6) is 0 Å². The van der Waals surface area contributed by atoms with Crippen LogP contribution in [0.2, 0.25) is 0 Å². The predicted octanol–water partition coefficient (Wildman–Crippen LogP) is 2.76. The Morgan fingerprint density at radius 1 is 1.22 bits per heavy atom. The van der Waals surface area contributed by atoms with Crippen molar-refractivity contribution in [2.45, 2.75) is 46.7 Å². The van der Waals surface area contributed by atoms with Gasteiger partial charge in [-0.3, -0.25) is 9.59 Å². The Labute approximate surface area is 160 Å². The average Bonchev–Trinajstić information content (AvgIpc) is 2.97. The number of amides is 3. The van der Waals surface area contributed by atoms with Gasteiger partial charge in [0.2, 0.25) is 11.8 Å². The smallest absolute Gasteiger partial charge is 0.410 e. The normalized spacial score (nSPS) is 15.0. The van der Waals surface area contributed by atoms with Gasteiger partial charge in [0, 0.05) is 18.7 Å². The SMILES string of the molecule is CC(C)CC(=O)NC(C(=O)Nc1cccc(CN2CCOC2=O)c1)C(C)C. The number of benzene rings is 1. The second-order valence-corrected chi connectivity index (χ2v) is 7.61. The lowest BCUT2D eigenvalue weighted by Gasteiger charge is -2.22. The minimum Gasteiger partial charge on any atom is -0.448 e. The summed E-state index contributed by atoms with van der Waals surface area (Å²) in [5.74, 6) is -0.182. The average molecular weight is 375 g/mol. The maximum absolute atomic E-state index is 12.7. The molecule has 0 saturated carbocycles. The summed E-state index contributed by atoms with van der Waals surface area (Å²) in [6.45, 7) is 9.12. The van der Waals surface area contributed by atoms with Crippen LogP contribution in [0.1, 0.15) is 39.7 Å². The molecular weight excluding hydrogens is 346 g/mol. The maximum atomic E-state index is 12.7. The lowest BCUT2D eigenvalue weighted by atomic mass is 10.0. The fourth-order valence-corrected chi connectivity index (χ4v) is 2.90. The van der Waals surface area contributed by atoms with E-state index >= 15 is 0 Å². The lowest BCUT2D eigenvalue weighted by Crippen LogP contribution is -2.47. The van der Waals surface area contributed by atoms with Gasteiger partial charge >= 0.3 is 6.09 Å². The van der Waals surface area contributed by atoms with E-state index in [1.54, 1.807) is 11.0 Å². The summed E-state index contributed by atoms with van der Waals surface area (Å²) >= 11 is 0. The van der Waals surface area contributed by atoms with Gasteiger partial charge < -0.3 is 20.3 Å². The third kappa shape index (κ3) is 6.27. The first-order chi connectivity index (χ1) is 12.8. The number of carbonyl (C=O) groups is 3. The summed E-state index contributed by atoms with van der Waals surface area (Å²) in [5, 5.41) is 5.70. The second kappa shape index (κ2) is 9.39. The van der Waals surface area contributed by atoms with Gasteiger partial charge in [-0.1, -0.05) is 39.8 Å². The van der Waals surface area contributed by atoms with Gasteiger partial charge in [0.25, 0.3) is 0 Å². The van der Waals surface area contributed by atoms with Crippen molar-refractivity contribution >= 4 is 23.6 Å². The van der Waals surface area contributed by atoms with E-state index in [9.17, 15) is 14.4 Å². The molecule has 148 valence electrons. The van der Waals surface area contributed by atoms with Crippen molar-refractivity contribution < 1.29 is 19.1 Å². The Kier molecular flexibility index (Phi) is 7.21. The van der Waals surface area contributed by atoms with Crippen LogP contribution in [0, 0.1) is 11.8 Å². The molecule has 0 bridgehead atoms. The Morgan fingerprint density at radius 3 is 2.56 bits per heavy atom. The molecule has 1 aromatic rings. The summed E-state index contributed by atoms with van der Waals surface area (Å²) in [6.07, 6.45) is 0.0648. The molecule has 1 fully saturated rings. The number of rotatable bonds is 8. The van der Waals surface area contributed by atoms with Gasteiger partial charge in [-0.15, -0.1) is 0 Å². The third-order valence-electron chi connectivity index (χ3n) is 4.27. The quantitative estimate of drug-likeness (QED) is 0.731. The van der Waals surface area contributed by atoms with Crippen molar-refractivity contribution in [2.24, 2.45) is 11.8 Å². The Balaban J connectivity index is 2.01. The number of hydrogen-bond acceptors (Lipinski definition) is 4. The minimum absolute atomic E-state index is 0.0383. The standard InChI is InChI=1S/C20H29N3O4/c1-13(2)10-17(24)22-18(14(3)4)19(25)21-16-7-5-6-15(11-16)12-23-8-9-27-20(23)26/h5-7,11,13-14,18H,8-10,12H2,1-4H3,(H,21,25)(H,22,24). The first-order valence-corrected chi connectivity index (χ1v) is 9.37. The highest BCUT2D eigenvalue weighted by Crippen LogP contribution is 2.16. The van der Waals surface area contributed by atoms with E-state index in [1.807, 2.05) is 45.9 Å². The highest BCUT2D eigenvalue weighted by Gasteiger charge is 2.25. The van der Waals surface area contributed by atoms with Gasteiger partial charge in [0.1, 0.15) is 12.6 Å². The molecule has 1 aliphatic heterocycles. The predicted molar refractivity (Wildman–Crippen MR) is 103 cm³/mol. The summed E-state index contributed by atoms with van der Waals surface area (Å²) in [5.41, 5.74) is 1.53. The van der Waals surface area contributed by atoms with E-state index in [4.69, 9.17) is 4.74 Å². The Bertz CT molecular complexity index is 688. The maximum Gasteiger partial charge on any atom is 0.410 e.